The van der Waals surface area contributed by atoms with E-state index in [-0.39, 0.29) is 12.5 Å². The van der Waals surface area contributed by atoms with Crippen LogP contribution in [0.25, 0.3) is 0 Å². The number of fused-ring (bicyclic) bond motifs is 1. The molecular weight excluding hydrogens is 330 g/mol. The molecule has 1 aliphatic rings. The van der Waals surface area contributed by atoms with Gasteiger partial charge < -0.3 is 18.6 Å². The molecular formula is C20H21N3O3. The van der Waals surface area contributed by atoms with Crippen LogP contribution in [-0.4, -0.2) is 26.9 Å². The van der Waals surface area contributed by atoms with Crippen molar-refractivity contribution in [3.8, 4) is 5.75 Å². The Morgan fingerprint density at radius 3 is 2.77 bits per heavy atom. The Hall–Kier alpha value is -3.02. The van der Waals surface area contributed by atoms with Crippen molar-refractivity contribution < 1.29 is 13.9 Å². The molecule has 26 heavy (non-hydrogen) atoms. The van der Waals surface area contributed by atoms with Gasteiger partial charge in [-0.05, 0) is 31.2 Å². The van der Waals surface area contributed by atoms with Crippen LogP contribution in [0.15, 0.2) is 46.9 Å². The van der Waals surface area contributed by atoms with E-state index in [0.29, 0.717) is 31.1 Å². The highest BCUT2D eigenvalue weighted by Gasteiger charge is 2.27. The fourth-order valence-electron chi connectivity index (χ4n) is 3.14. The summed E-state index contributed by atoms with van der Waals surface area (Å²) in [5.41, 5.74) is 2.67. The van der Waals surface area contributed by atoms with E-state index in [9.17, 15) is 4.79 Å². The molecule has 4 rings (SSSR count). The van der Waals surface area contributed by atoms with Crippen molar-refractivity contribution in [2.24, 2.45) is 7.05 Å². The molecule has 3 heterocycles. The minimum atomic E-state index is 0.0183. The Morgan fingerprint density at radius 1 is 1.23 bits per heavy atom. The average molecular weight is 351 g/mol. The fraction of sp³-hybridized carbons (Fsp3) is 0.300. The number of para-hydroxylation sites is 1. The van der Waals surface area contributed by atoms with Gasteiger partial charge in [0.05, 0.1) is 12.2 Å². The van der Waals surface area contributed by atoms with Gasteiger partial charge in [-0.2, -0.15) is 0 Å². The van der Waals surface area contributed by atoms with Crippen LogP contribution in [-0.2, 0) is 26.6 Å². The predicted molar refractivity (Wildman–Crippen MR) is 95.9 cm³/mol. The van der Waals surface area contributed by atoms with E-state index in [0.717, 1.165) is 22.9 Å². The summed E-state index contributed by atoms with van der Waals surface area (Å²) in [7, 11) is 1.91. The molecule has 0 fully saturated rings. The van der Waals surface area contributed by atoms with Crippen molar-refractivity contribution in [3.63, 3.8) is 0 Å². The third-order valence-electron chi connectivity index (χ3n) is 4.76. The van der Waals surface area contributed by atoms with E-state index in [4.69, 9.17) is 9.15 Å². The van der Waals surface area contributed by atoms with Gasteiger partial charge in [0.2, 0.25) is 5.89 Å². The number of hydrogen-bond acceptors (Lipinski definition) is 4. The van der Waals surface area contributed by atoms with Gasteiger partial charge in [0, 0.05) is 25.7 Å². The van der Waals surface area contributed by atoms with Gasteiger partial charge in [0.15, 0.2) is 6.61 Å². The summed E-state index contributed by atoms with van der Waals surface area (Å²) in [4.78, 5) is 19.1. The molecule has 6 nitrogen and oxygen atoms in total. The molecule has 0 bridgehead atoms. The Balaban J connectivity index is 1.45. The number of ether oxygens (including phenoxy) is 1. The highest BCUT2D eigenvalue weighted by atomic mass is 16.5. The fourth-order valence-corrected chi connectivity index (χ4v) is 3.14. The Labute approximate surface area is 152 Å². The van der Waals surface area contributed by atoms with Crippen LogP contribution in [0, 0.1) is 6.92 Å². The Kier molecular flexibility index (Phi) is 4.24. The molecule has 0 unspecified atom stereocenters. The molecule has 1 aromatic carbocycles. The van der Waals surface area contributed by atoms with E-state index in [1.807, 2.05) is 65.9 Å². The number of rotatable bonds is 4. The lowest BCUT2D eigenvalue weighted by molar-refractivity contribution is 0.0708. The van der Waals surface area contributed by atoms with E-state index < -0.39 is 0 Å². The quantitative estimate of drug-likeness (QED) is 0.725. The molecule has 3 aromatic rings. The van der Waals surface area contributed by atoms with Crippen molar-refractivity contribution in [2.75, 3.05) is 6.54 Å². The molecule has 0 atom stereocenters. The highest BCUT2D eigenvalue weighted by molar-refractivity contribution is 5.93. The topological polar surface area (TPSA) is 60.5 Å². The molecule has 0 radical (unpaired) electrons. The standard InChI is InChI=1S/C20H21N3O3/c1-14-8-9-17(22(14)2)20(24)23-11-10-16-18(12-23)26-19(21-16)13-25-15-6-4-3-5-7-15/h3-9H,10-13H2,1-2H3. The zero-order valence-corrected chi connectivity index (χ0v) is 14.9. The number of aromatic nitrogens is 2. The molecule has 1 aliphatic heterocycles. The second kappa shape index (κ2) is 6.71. The summed E-state index contributed by atoms with van der Waals surface area (Å²) in [6.07, 6.45) is 0.694. The van der Waals surface area contributed by atoms with Gasteiger partial charge in [0.1, 0.15) is 17.2 Å². The first kappa shape index (κ1) is 16.4. The molecule has 0 N–H and O–H groups in total. The largest absolute Gasteiger partial charge is 0.484 e. The SMILES string of the molecule is Cc1ccc(C(=O)N2CCc3nc(COc4ccccc4)oc3C2)n1C. The van der Waals surface area contributed by atoms with Crippen LogP contribution in [0.4, 0.5) is 0 Å². The zero-order chi connectivity index (χ0) is 18.1. The van der Waals surface area contributed by atoms with Crippen LogP contribution in [0.3, 0.4) is 0 Å². The van der Waals surface area contributed by atoms with Crippen molar-refractivity contribution in [2.45, 2.75) is 26.5 Å². The summed E-state index contributed by atoms with van der Waals surface area (Å²) in [6.45, 7) is 3.35. The lowest BCUT2D eigenvalue weighted by Crippen LogP contribution is -2.36. The summed E-state index contributed by atoms with van der Waals surface area (Å²) >= 11 is 0. The molecule has 0 aliphatic carbocycles. The molecule has 134 valence electrons. The molecule has 2 aromatic heterocycles. The maximum atomic E-state index is 12.8. The molecule has 0 saturated carbocycles. The highest BCUT2D eigenvalue weighted by Crippen LogP contribution is 2.23. The van der Waals surface area contributed by atoms with Crippen LogP contribution in [0.1, 0.15) is 33.5 Å². The summed E-state index contributed by atoms with van der Waals surface area (Å²) in [5, 5.41) is 0. The Bertz CT molecular complexity index is 927. The monoisotopic (exact) mass is 351 g/mol. The van der Waals surface area contributed by atoms with Gasteiger partial charge in [0.25, 0.3) is 5.91 Å². The Morgan fingerprint density at radius 2 is 2.04 bits per heavy atom. The molecule has 0 saturated heterocycles. The van der Waals surface area contributed by atoms with Gasteiger partial charge in [-0.25, -0.2) is 4.98 Å². The normalized spacial score (nSPS) is 13.5. The van der Waals surface area contributed by atoms with Gasteiger partial charge >= 0.3 is 0 Å². The van der Waals surface area contributed by atoms with Crippen molar-refractivity contribution >= 4 is 5.91 Å². The molecule has 1 amide bonds. The third-order valence-corrected chi connectivity index (χ3v) is 4.76. The first-order valence-corrected chi connectivity index (χ1v) is 8.68. The van der Waals surface area contributed by atoms with Crippen LogP contribution < -0.4 is 4.74 Å². The first-order valence-electron chi connectivity index (χ1n) is 8.68. The number of benzene rings is 1. The predicted octanol–water partition coefficient (Wildman–Crippen LogP) is 3.10. The van der Waals surface area contributed by atoms with Crippen molar-refractivity contribution in [1.82, 2.24) is 14.5 Å². The third kappa shape index (κ3) is 3.10. The number of carbonyl (C=O) groups is 1. The number of amides is 1. The number of hydrogen-bond donors (Lipinski definition) is 0. The lowest BCUT2D eigenvalue weighted by atomic mass is 10.1. The van der Waals surface area contributed by atoms with E-state index in [1.165, 1.54) is 0 Å². The number of oxazole rings is 1. The van der Waals surface area contributed by atoms with Gasteiger partial charge in [-0.15, -0.1) is 0 Å². The minimum absolute atomic E-state index is 0.0183. The van der Waals surface area contributed by atoms with E-state index in [2.05, 4.69) is 4.98 Å². The van der Waals surface area contributed by atoms with E-state index >= 15 is 0 Å². The summed E-state index contributed by atoms with van der Waals surface area (Å²) in [5.74, 6) is 2.09. The van der Waals surface area contributed by atoms with Crippen molar-refractivity contribution in [1.29, 1.82) is 0 Å². The lowest BCUT2D eigenvalue weighted by Gasteiger charge is -2.25. The van der Waals surface area contributed by atoms with Gasteiger partial charge in [-0.3, -0.25) is 4.79 Å². The van der Waals surface area contributed by atoms with Gasteiger partial charge in [-0.1, -0.05) is 18.2 Å². The minimum Gasteiger partial charge on any atom is -0.484 e. The zero-order valence-electron chi connectivity index (χ0n) is 14.9. The van der Waals surface area contributed by atoms with Crippen molar-refractivity contribution in [3.05, 3.63) is 71.2 Å². The average Bonchev–Trinajstić information content (AvgIpc) is 3.23. The maximum absolute atomic E-state index is 12.8. The number of aryl methyl sites for hydroxylation is 1. The molecule has 0 spiro atoms. The van der Waals surface area contributed by atoms with Crippen LogP contribution in [0.2, 0.25) is 0 Å². The van der Waals surface area contributed by atoms with Crippen LogP contribution >= 0.6 is 0 Å². The van der Waals surface area contributed by atoms with Crippen LogP contribution in [0.5, 0.6) is 5.75 Å². The first-order chi connectivity index (χ1) is 12.6. The van der Waals surface area contributed by atoms with E-state index in [1.54, 1.807) is 0 Å². The maximum Gasteiger partial charge on any atom is 0.270 e. The molecule has 6 heteroatoms. The summed E-state index contributed by atoms with van der Waals surface area (Å²) < 4.78 is 13.4. The second-order valence-corrected chi connectivity index (χ2v) is 6.47. The number of carbonyl (C=O) groups excluding carboxylic acids is 1. The smallest absolute Gasteiger partial charge is 0.270 e. The second-order valence-electron chi connectivity index (χ2n) is 6.47. The summed E-state index contributed by atoms with van der Waals surface area (Å²) in [6, 6.07) is 13.4. The number of nitrogens with zero attached hydrogens (tertiary/aromatic N) is 3.